The molecule has 1 rings (SSSR count). The molecule has 7 heteroatoms. The second-order valence-corrected chi connectivity index (χ2v) is 6.96. The van der Waals surface area contributed by atoms with E-state index in [1.54, 1.807) is 6.92 Å². The first-order chi connectivity index (χ1) is 9.42. The zero-order chi connectivity index (χ0) is 15.1. The number of nitrogens with one attached hydrogen (secondary N) is 1. The van der Waals surface area contributed by atoms with Crippen LogP contribution < -0.4 is 5.32 Å². The first-order valence-corrected chi connectivity index (χ1v) is 8.25. The molecule has 1 aromatic rings. The Balaban J connectivity index is 2.51. The van der Waals surface area contributed by atoms with Crippen LogP contribution in [0.5, 0.6) is 0 Å². The van der Waals surface area contributed by atoms with Gasteiger partial charge in [0, 0.05) is 11.4 Å². The van der Waals surface area contributed by atoms with Gasteiger partial charge in [0.1, 0.15) is 0 Å². The molecule has 0 fully saturated rings. The maximum Gasteiger partial charge on any atom is 0.311 e. The Bertz CT molecular complexity index is 460. The second-order valence-electron chi connectivity index (χ2n) is 4.51. The molecule has 0 aromatic carbocycles. The summed E-state index contributed by atoms with van der Waals surface area (Å²) in [7, 11) is 0. The van der Waals surface area contributed by atoms with E-state index in [0.29, 0.717) is 12.3 Å². The molecule has 0 aliphatic rings. The van der Waals surface area contributed by atoms with Gasteiger partial charge in [-0.05, 0) is 27.7 Å². The van der Waals surface area contributed by atoms with Crippen molar-refractivity contribution in [2.75, 3.05) is 6.61 Å². The fraction of sp³-hybridized carbons (Fsp3) is 0.615. The van der Waals surface area contributed by atoms with Gasteiger partial charge in [-0.1, -0.05) is 11.8 Å². The molecule has 112 valence electrons. The highest BCUT2D eigenvalue weighted by Gasteiger charge is 2.17. The van der Waals surface area contributed by atoms with E-state index in [1.165, 1.54) is 23.1 Å². The molecule has 0 saturated carbocycles. The van der Waals surface area contributed by atoms with Crippen molar-refractivity contribution in [3.8, 4) is 0 Å². The largest absolute Gasteiger partial charge is 0.466 e. The fourth-order valence-corrected chi connectivity index (χ4v) is 3.38. The van der Waals surface area contributed by atoms with Crippen molar-refractivity contribution >= 4 is 35.0 Å². The van der Waals surface area contributed by atoms with Crippen LogP contribution in [-0.4, -0.2) is 34.8 Å². The van der Waals surface area contributed by atoms with Crippen molar-refractivity contribution < 1.29 is 14.3 Å². The molecule has 0 saturated heterocycles. The lowest BCUT2D eigenvalue weighted by atomic mass is 10.3. The van der Waals surface area contributed by atoms with Crippen LogP contribution in [0, 0.1) is 0 Å². The van der Waals surface area contributed by atoms with Crippen LogP contribution in [0.4, 0.5) is 0 Å². The van der Waals surface area contributed by atoms with Gasteiger partial charge in [0.15, 0.2) is 4.34 Å². The molecule has 0 aliphatic heterocycles. The Morgan fingerprint density at radius 2 is 2.15 bits per heavy atom. The zero-order valence-corrected chi connectivity index (χ0v) is 13.8. The summed E-state index contributed by atoms with van der Waals surface area (Å²) in [6.07, 6.45) is 0.178. The zero-order valence-electron chi connectivity index (χ0n) is 12.1. The number of ether oxygens (including phenoxy) is 1. The molecular weight excluding hydrogens is 296 g/mol. The maximum atomic E-state index is 11.8. The van der Waals surface area contributed by atoms with Crippen molar-refractivity contribution in [2.24, 2.45) is 0 Å². The first kappa shape index (κ1) is 17.0. The van der Waals surface area contributed by atoms with Crippen LogP contribution in [-0.2, 0) is 20.7 Å². The number of hydrogen-bond acceptors (Lipinski definition) is 6. The number of nitrogens with zero attached hydrogens (tertiary/aromatic N) is 1. The topological polar surface area (TPSA) is 68.3 Å². The van der Waals surface area contributed by atoms with Gasteiger partial charge in [0.2, 0.25) is 5.91 Å². The van der Waals surface area contributed by atoms with Gasteiger partial charge in [0.05, 0.1) is 24.0 Å². The third kappa shape index (κ3) is 5.92. The molecule has 0 unspecified atom stereocenters. The molecule has 20 heavy (non-hydrogen) atoms. The Hall–Kier alpha value is -1.08. The van der Waals surface area contributed by atoms with E-state index >= 15 is 0 Å². The predicted molar refractivity (Wildman–Crippen MR) is 81.0 cm³/mol. The van der Waals surface area contributed by atoms with Crippen LogP contribution in [0.15, 0.2) is 9.72 Å². The standard InChI is InChI=1S/C13H20N2O3S2/c1-5-18-11(16)6-10-7-19-13(15-10)20-9(4)12(17)14-8(2)3/h7-9H,5-6H2,1-4H3,(H,14,17)/t9-/m0/s1. The molecule has 1 heterocycles. The van der Waals surface area contributed by atoms with Crippen molar-refractivity contribution in [3.63, 3.8) is 0 Å². The molecule has 0 bridgehead atoms. The van der Waals surface area contributed by atoms with Crippen LogP contribution >= 0.6 is 23.1 Å². The number of carbonyl (C=O) groups excluding carboxylic acids is 2. The Morgan fingerprint density at radius 1 is 1.45 bits per heavy atom. The van der Waals surface area contributed by atoms with Crippen molar-refractivity contribution in [3.05, 3.63) is 11.1 Å². The second kappa shape index (κ2) is 8.26. The van der Waals surface area contributed by atoms with Crippen molar-refractivity contribution in [1.82, 2.24) is 10.3 Å². The van der Waals surface area contributed by atoms with E-state index in [4.69, 9.17) is 4.74 Å². The molecule has 0 spiro atoms. The third-order valence-corrected chi connectivity index (χ3v) is 4.36. The monoisotopic (exact) mass is 316 g/mol. The van der Waals surface area contributed by atoms with E-state index in [1.807, 2.05) is 26.2 Å². The van der Waals surface area contributed by atoms with Crippen LogP contribution in [0.2, 0.25) is 0 Å². The predicted octanol–water partition coefficient (Wildman–Crippen LogP) is 2.25. The Labute approximate surface area is 127 Å². The van der Waals surface area contributed by atoms with Crippen molar-refractivity contribution in [2.45, 2.75) is 49.7 Å². The average Bonchev–Trinajstić information content (AvgIpc) is 2.75. The number of carbonyl (C=O) groups is 2. The van der Waals surface area contributed by atoms with E-state index in [9.17, 15) is 9.59 Å². The highest BCUT2D eigenvalue weighted by molar-refractivity contribution is 8.02. The minimum absolute atomic E-state index is 0.00728. The van der Waals surface area contributed by atoms with Gasteiger partial charge in [0.25, 0.3) is 0 Å². The highest BCUT2D eigenvalue weighted by Crippen LogP contribution is 2.27. The lowest BCUT2D eigenvalue weighted by molar-refractivity contribution is -0.142. The van der Waals surface area contributed by atoms with Gasteiger partial charge in [-0.2, -0.15) is 0 Å². The molecule has 1 atom stereocenters. The normalized spacial score (nSPS) is 12.2. The average molecular weight is 316 g/mol. The van der Waals surface area contributed by atoms with Crippen molar-refractivity contribution in [1.29, 1.82) is 0 Å². The lowest BCUT2D eigenvalue weighted by Crippen LogP contribution is -2.35. The number of amides is 1. The summed E-state index contributed by atoms with van der Waals surface area (Å²) in [5.41, 5.74) is 0.687. The molecule has 0 aliphatic carbocycles. The van der Waals surface area contributed by atoms with E-state index in [0.717, 1.165) is 4.34 Å². The number of aromatic nitrogens is 1. The summed E-state index contributed by atoms with van der Waals surface area (Å²) in [6, 6.07) is 0.126. The number of esters is 1. The minimum Gasteiger partial charge on any atom is -0.466 e. The summed E-state index contributed by atoms with van der Waals surface area (Å²) < 4.78 is 5.66. The quantitative estimate of drug-likeness (QED) is 0.617. The van der Waals surface area contributed by atoms with Gasteiger partial charge in [-0.25, -0.2) is 4.98 Å². The van der Waals surface area contributed by atoms with Crippen LogP contribution in [0.3, 0.4) is 0 Å². The number of thiazole rings is 1. The van der Waals surface area contributed by atoms with Gasteiger partial charge >= 0.3 is 5.97 Å². The number of thioether (sulfide) groups is 1. The summed E-state index contributed by atoms with van der Waals surface area (Å²) in [5.74, 6) is -0.285. The fourth-order valence-electron chi connectivity index (χ4n) is 1.39. The summed E-state index contributed by atoms with van der Waals surface area (Å²) in [4.78, 5) is 27.5. The highest BCUT2D eigenvalue weighted by atomic mass is 32.2. The summed E-state index contributed by atoms with van der Waals surface area (Å²) >= 11 is 2.84. The van der Waals surface area contributed by atoms with Crippen LogP contribution in [0.25, 0.3) is 0 Å². The first-order valence-electron chi connectivity index (χ1n) is 6.49. The smallest absolute Gasteiger partial charge is 0.311 e. The van der Waals surface area contributed by atoms with Gasteiger partial charge in [-0.3, -0.25) is 9.59 Å². The molecule has 1 N–H and O–H groups in total. The summed E-state index contributed by atoms with van der Waals surface area (Å²) in [5, 5.41) is 4.48. The van der Waals surface area contributed by atoms with E-state index in [2.05, 4.69) is 10.3 Å². The molecule has 1 amide bonds. The Morgan fingerprint density at radius 3 is 2.75 bits per heavy atom. The summed E-state index contributed by atoms with van der Waals surface area (Å²) in [6.45, 7) is 7.84. The van der Waals surface area contributed by atoms with E-state index in [-0.39, 0.29) is 29.6 Å². The molecule has 5 nitrogen and oxygen atoms in total. The van der Waals surface area contributed by atoms with Gasteiger partial charge < -0.3 is 10.1 Å². The number of hydrogen-bond donors (Lipinski definition) is 1. The van der Waals surface area contributed by atoms with E-state index < -0.39 is 0 Å². The maximum absolute atomic E-state index is 11.8. The van der Waals surface area contributed by atoms with Crippen LogP contribution in [0.1, 0.15) is 33.4 Å². The number of rotatable bonds is 7. The lowest BCUT2D eigenvalue weighted by Gasteiger charge is -2.12. The third-order valence-electron chi connectivity index (χ3n) is 2.24. The Kier molecular flexibility index (Phi) is 7.01. The minimum atomic E-state index is -0.278. The van der Waals surface area contributed by atoms with Gasteiger partial charge in [-0.15, -0.1) is 11.3 Å². The molecule has 0 radical (unpaired) electrons. The molecular formula is C13H20N2O3S2. The SMILES string of the molecule is CCOC(=O)Cc1csc(S[C@@H](C)C(=O)NC(C)C)n1. The molecule has 1 aromatic heterocycles.